The summed E-state index contributed by atoms with van der Waals surface area (Å²) in [5.41, 5.74) is -1.21. The van der Waals surface area contributed by atoms with Gasteiger partial charge >= 0.3 is 6.18 Å². The Balaban J connectivity index is 2.90. The number of nitrogens with zero attached hydrogens (tertiary/aromatic N) is 2. The van der Waals surface area contributed by atoms with E-state index in [0.29, 0.717) is 6.20 Å². The molecule has 2 atom stereocenters. The zero-order valence-electron chi connectivity index (χ0n) is 8.06. The van der Waals surface area contributed by atoms with Crippen molar-refractivity contribution in [2.45, 2.75) is 18.5 Å². The van der Waals surface area contributed by atoms with Crippen molar-refractivity contribution in [3.8, 4) is 0 Å². The van der Waals surface area contributed by atoms with Gasteiger partial charge < -0.3 is 5.11 Å². The van der Waals surface area contributed by atoms with Crippen molar-refractivity contribution in [2.24, 2.45) is 0 Å². The Morgan fingerprint density at radius 3 is 2.35 bits per heavy atom. The van der Waals surface area contributed by atoms with Gasteiger partial charge in [-0.3, -0.25) is 15.1 Å². The summed E-state index contributed by atoms with van der Waals surface area (Å²) in [6.45, 7) is 0. The second kappa shape index (κ2) is 4.62. The summed E-state index contributed by atoms with van der Waals surface area (Å²) in [6.07, 6.45) is -10.5. The van der Waals surface area contributed by atoms with Crippen LogP contribution in [-0.2, 0) is 0 Å². The smallest absolute Gasteiger partial charge is 0.381 e. The maximum atomic E-state index is 13.2. The molecule has 0 aliphatic rings. The Morgan fingerprint density at radius 2 is 2.00 bits per heavy atom. The van der Waals surface area contributed by atoms with E-state index in [9.17, 15) is 27.7 Å². The predicted octanol–water partition coefficient (Wildman–Crippen LogP) is 1.92. The van der Waals surface area contributed by atoms with Crippen LogP contribution in [-0.4, -0.2) is 27.3 Å². The van der Waals surface area contributed by atoms with Crippen LogP contribution in [0.3, 0.4) is 0 Å². The number of aliphatic hydroxyl groups excluding tert-OH is 1. The third kappa shape index (κ3) is 3.09. The number of pyridine rings is 1. The number of alkyl halides is 4. The van der Waals surface area contributed by atoms with Crippen LogP contribution in [0.25, 0.3) is 0 Å². The molecule has 1 rings (SSSR count). The number of hydrogen-bond donors (Lipinski definition) is 1. The van der Waals surface area contributed by atoms with Crippen LogP contribution in [0.1, 0.15) is 11.9 Å². The fourth-order valence-corrected chi connectivity index (χ4v) is 0.996. The molecule has 1 aromatic heterocycles. The zero-order valence-corrected chi connectivity index (χ0v) is 8.06. The second-order valence-corrected chi connectivity index (χ2v) is 3.09. The summed E-state index contributed by atoms with van der Waals surface area (Å²) in [5.74, 6) is 0. The van der Waals surface area contributed by atoms with Gasteiger partial charge in [0.1, 0.15) is 6.20 Å². The fraction of sp³-hybridized carbons (Fsp3) is 0.375. The maximum absolute atomic E-state index is 13.2. The Morgan fingerprint density at radius 1 is 1.41 bits per heavy atom. The highest BCUT2D eigenvalue weighted by Crippen LogP contribution is 2.32. The van der Waals surface area contributed by atoms with Gasteiger partial charge in [0.2, 0.25) is 0 Å². The van der Waals surface area contributed by atoms with Crippen molar-refractivity contribution in [1.82, 2.24) is 4.98 Å². The van der Waals surface area contributed by atoms with Gasteiger partial charge in [-0.1, -0.05) is 0 Å². The number of hydrogen-bond acceptors (Lipinski definition) is 4. The Kier molecular flexibility index (Phi) is 3.61. The van der Waals surface area contributed by atoms with Gasteiger partial charge in [0, 0.05) is 6.07 Å². The van der Waals surface area contributed by atoms with Crippen LogP contribution in [0.2, 0.25) is 0 Å². The third-order valence-electron chi connectivity index (χ3n) is 1.88. The van der Waals surface area contributed by atoms with Crippen LogP contribution < -0.4 is 0 Å². The molecule has 0 fully saturated rings. The second-order valence-electron chi connectivity index (χ2n) is 3.09. The molecule has 9 heteroatoms. The first kappa shape index (κ1) is 13.3. The van der Waals surface area contributed by atoms with Gasteiger partial charge in [0.05, 0.1) is 10.6 Å². The molecule has 0 saturated heterocycles. The molecule has 1 heterocycles. The molecule has 1 N–H and O–H groups in total. The molecule has 0 radical (unpaired) electrons. The van der Waals surface area contributed by atoms with Gasteiger partial charge in [-0.2, -0.15) is 13.2 Å². The van der Waals surface area contributed by atoms with Crippen molar-refractivity contribution in [3.63, 3.8) is 0 Å². The molecule has 0 aliphatic carbocycles. The molecule has 0 amide bonds. The van der Waals surface area contributed by atoms with Crippen molar-refractivity contribution in [2.75, 3.05) is 0 Å². The average Bonchev–Trinajstić information content (AvgIpc) is 2.26. The lowest BCUT2D eigenvalue weighted by molar-refractivity contribution is -0.385. The van der Waals surface area contributed by atoms with Crippen LogP contribution in [0.5, 0.6) is 0 Å². The van der Waals surface area contributed by atoms with E-state index in [0.717, 1.165) is 12.1 Å². The topological polar surface area (TPSA) is 76.3 Å². The largest absolute Gasteiger partial charge is 0.417 e. The van der Waals surface area contributed by atoms with Gasteiger partial charge in [0.25, 0.3) is 5.69 Å². The summed E-state index contributed by atoms with van der Waals surface area (Å²) in [6, 6.07) is 1.52. The van der Waals surface area contributed by atoms with E-state index in [-0.39, 0.29) is 0 Å². The van der Waals surface area contributed by atoms with E-state index in [1.807, 2.05) is 0 Å². The standard InChI is InChI=1S/C8H6F4N2O3/c9-6(7(15)8(10,11)12)5-2-1-4(3-13-5)14(16)17/h1-3,6-7,15H. The SMILES string of the molecule is O=[N+]([O-])c1ccc(C(F)C(O)C(F)(F)F)nc1. The Labute approximate surface area is 91.9 Å². The number of rotatable bonds is 3. The van der Waals surface area contributed by atoms with Gasteiger partial charge in [0.15, 0.2) is 12.3 Å². The minimum absolute atomic E-state index is 0.484. The first-order valence-electron chi connectivity index (χ1n) is 4.22. The first-order valence-corrected chi connectivity index (χ1v) is 4.22. The molecule has 1 aromatic rings. The zero-order chi connectivity index (χ0) is 13.2. The summed E-state index contributed by atoms with van der Waals surface area (Å²) >= 11 is 0. The van der Waals surface area contributed by atoms with E-state index >= 15 is 0 Å². The Bertz CT molecular complexity index is 406. The molecular weight excluding hydrogens is 248 g/mol. The highest BCUT2D eigenvalue weighted by molar-refractivity contribution is 5.27. The highest BCUT2D eigenvalue weighted by Gasteiger charge is 2.45. The van der Waals surface area contributed by atoms with Crippen molar-refractivity contribution in [3.05, 3.63) is 34.1 Å². The van der Waals surface area contributed by atoms with E-state index < -0.39 is 34.8 Å². The lowest BCUT2D eigenvalue weighted by Crippen LogP contribution is -2.33. The summed E-state index contributed by atoms with van der Waals surface area (Å²) in [7, 11) is 0. The normalized spacial score (nSPS) is 15.4. The minimum atomic E-state index is -5.12. The van der Waals surface area contributed by atoms with E-state index in [1.54, 1.807) is 0 Å². The van der Waals surface area contributed by atoms with Crippen LogP contribution in [0.4, 0.5) is 23.2 Å². The lowest BCUT2D eigenvalue weighted by atomic mass is 10.1. The Hall–Kier alpha value is -1.77. The number of aromatic nitrogens is 1. The van der Waals surface area contributed by atoms with Crippen LogP contribution >= 0.6 is 0 Å². The summed E-state index contributed by atoms with van der Waals surface area (Å²) in [4.78, 5) is 12.5. The van der Waals surface area contributed by atoms with Crippen LogP contribution in [0.15, 0.2) is 18.3 Å². The van der Waals surface area contributed by atoms with Crippen molar-refractivity contribution in [1.29, 1.82) is 0 Å². The van der Waals surface area contributed by atoms with Crippen molar-refractivity contribution >= 4 is 5.69 Å². The van der Waals surface area contributed by atoms with E-state index in [1.165, 1.54) is 0 Å². The summed E-state index contributed by atoms with van der Waals surface area (Å²) < 4.78 is 49.1. The van der Waals surface area contributed by atoms with Crippen LogP contribution in [0, 0.1) is 10.1 Å². The maximum Gasteiger partial charge on any atom is 0.417 e. The molecule has 17 heavy (non-hydrogen) atoms. The fourth-order valence-electron chi connectivity index (χ4n) is 0.996. The molecule has 0 spiro atoms. The molecule has 2 unspecified atom stereocenters. The molecular formula is C8H6F4N2O3. The van der Waals surface area contributed by atoms with Gasteiger partial charge in [-0.25, -0.2) is 4.39 Å². The molecule has 5 nitrogen and oxygen atoms in total. The predicted molar refractivity (Wildman–Crippen MR) is 46.8 cm³/mol. The van der Waals surface area contributed by atoms with Crippen molar-refractivity contribution < 1.29 is 27.6 Å². The van der Waals surface area contributed by atoms with Gasteiger partial charge in [-0.05, 0) is 6.07 Å². The first-order chi connectivity index (χ1) is 7.73. The molecule has 0 saturated carbocycles. The summed E-state index contributed by atoms with van der Waals surface area (Å²) in [5, 5.41) is 18.8. The molecule has 0 bridgehead atoms. The van der Waals surface area contributed by atoms with E-state index in [4.69, 9.17) is 5.11 Å². The molecule has 94 valence electrons. The number of halogens is 4. The molecule has 0 aromatic carbocycles. The molecule has 0 aliphatic heterocycles. The lowest BCUT2D eigenvalue weighted by Gasteiger charge is -2.17. The van der Waals surface area contributed by atoms with Gasteiger partial charge in [-0.15, -0.1) is 0 Å². The highest BCUT2D eigenvalue weighted by atomic mass is 19.4. The third-order valence-corrected chi connectivity index (χ3v) is 1.88. The average molecular weight is 254 g/mol. The van der Waals surface area contributed by atoms with E-state index in [2.05, 4.69) is 4.98 Å². The number of nitro groups is 1. The number of aliphatic hydroxyl groups is 1. The monoisotopic (exact) mass is 254 g/mol. The quantitative estimate of drug-likeness (QED) is 0.508. The minimum Gasteiger partial charge on any atom is -0.381 e.